The molecular formula is C9H10N4O5S. The summed E-state index contributed by atoms with van der Waals surface area (Å²) in [5.74, 6) is 0.202. The fourth-order valence-electron chi connectivity index (χ4n) is 1.60. The van der Waals surface area contributed by atoms with Crippen LogP contribution in [0.2, 0.25) is 0 Å². The number of imidazole rings is 1. The van der Waals surface area contributed by atoms with Gasteiger partial charge in [-0.15, -0.1) is 0 Å². The summed E-state index contributed by atoms with van der Waals surface area (Å²) in [4.78, 5) is 17.8. The summed E-state index contributed by atoms with van der Waals surface area (Å²) in [5, 5.41) is 9.77. The van der Waals surface area contributed by atoms with Gasteiger partial charge in [0.15, 0.2) is 16.9 Å². The maximum atomic E-state index is 11.3. The highest BCUT2D eigenvalue weighted by Gasteiger charge is 2.28. The minimum absolute atomic E-state index is 0.00790. The summed E-state index contributed by atoms with van der Waals surface area (Å²) in [6, 6.07) is 0. The highest BCUT2D eigenvalue weighted by molar-refractivity contribution is 7.79. The lowest BCUT2D eigenvalue weighted by Crippen LogP contribution is -2.13. The number of nitrogens with zero attached hydrogens (tertiary/aromatic N) is 4. The van der Waals surface area contributed by atoms with Crippen molar-refractivity contribution in [3.63, 3.8) is 0 Å². The molecule has 0 aliphatic carbocycles. The molecule has 1 N–H and O–H groups in total. The van der Waals surface area contributed by atoms with E-state index in [9.17, 15) is 18.9 Å². The van der Waals surface area contributed by atoms with Gasteiger partial charge in [-0.3, -0.25) is 0 Å². The van der Waals surface area contributed by atoms with Crippen LogP contribution >= 0.6 is 0 Å². The summed E-state index contributed by atoms with van der Waals surface area (Å²) in [6.07, 6.45) is 3.75. The molecule has 2 atom stereocenters. The Morgan fingerprint density at radius 2 is 2.37 bits per heavy atom. The molecule has 0 aliphatic heterocycles. The quantitative estimate of drug-likeness (QED) is 0.490. The Balaban J connectivity index is 2.28. The largest absolute Gasteiger partial charge is 0.448 e. The van der Waals surface area contributed by atoms with Gasteiger partial charge >= 0.3 is 5.82 Å². The average molecular weight is 286 g/mol. The minimum Gasteiger partial charge on any atom is -0.448 e. The van der Waals surface area contributed by atoms with Crippen molar-refractivity contribution < 1.29 is 18.1 Å². The Morgan fingerprint density at radius 1 is 1.63 bits per heavy atom. The van der Waals surface area contributed by atoms with E-state index in [1.165, 1.54) is 24.1 Å². The molecule has 0 radical (unpaired) electrons. The lowest BCUT2D eigenvalue weighted by molar-refractivity contribution is -0.391. The summed E-state index contributed by atoms with van der Waals surface area (Å²) < 4.78 is 26.8. The van der Waals surface area contributed by atoms with Crippen molar-refractivity contribution >= 4 is 16.9 Å². The second-order valence-electron chi connectivity index (χ2n) is 3.69. The number of oxazole rings is 1. The van der Waals surface area contributed by atoms with Gasteiger partial charge in [0, 0.05) is 0 Å². The van der Waals surface area contributed by atoms with E-state index in [1.807, 2.05) is 0 Å². The van der Waals surface area contributed by atoms with E-state index in [1.54, 1.807) is 0 Å². The molecule has 2 aromatic heterocycles. The van der Waals surface area contributed by atoms with Gasteiger partial charge in [0.05, 0.1) is 19.7 Å². The fraction of sp³-hybridized carbons (Fsp3) is 0.333. The molecule has 2 unspecified atom stereocenters. The molecule has 19 heavy (non-hydrogen) atoms. The first-order valence-corrected chi connectivity index (χ1v) is 6.31. The lowest BCUT2D eigenvalue weighted by atomic mass is 10.3. The second kappa shape index (κ2) is 5.28. The fourth-order valence-corrected chi connectivity index (χ4v) is 2.18. The molecular weight excluding hydrogens is 276 g/mol. The van der Waals surface area contributed by atoms with E-state index in [0.29, 0.717) is 5.82 Å². The van der Waals surface area contributed by atoms with Crippen LogP contribution in [0, 0.1) is 10.1 Å². The number of rotatable bonds is 5. The molecule has 2 rings (SSSR count). The van der Waals surface area contributed by atoms with Crippen molar-refractivity contribution in [3.8, 4) is 0 Å². The van der Waals surface area contributed by atoms with Crippen molar-refractivity contribution in [3.05, 3.63) is 40.5 Å². The molecule has 0 saturated heterocycles. The highest BCUT2D eigenvalue weighted by atomic mass is 32.2. The van der Waals surface area contributed by atoms with Crippen LogP contribution in [0.1, 0.15) is 17.0 Å². The third kappa shape index (κ3) is 2.69. The Labute approximate surface area is 109 Å². The summed E-state index contributed by atoms with van der Waals surface area (Å²) in [6.45, 7) is 0. The SMILES string of the molecule is Cn1c([N+](=O)[O-])cnc1CC(c1ncco1)S(=O)O. The van der Waals surface area contributed by atoms with Crippen LogP contribution in [0.5, 0.6) is 0 Å². The maximum Gasteiger partial charge on any atom is 0.342 e. The molecule has 9 nitrogen and oxygen atoms in total. The van der Waals surface area contributed by atoms with Crippen LogP contribution in [0.3, 0.4) is 0 Å². The van der Waals surface area contributed by atoms with Crippen LogP contribution < -0.4 is 0 Å². The summed E-state index contributed by atoms with van der Waals surface area (Å²) in [5.41, 5.74) is 0. The van der Waals surface area contributed by atoms with E-state index in [-0.39, 0.29) is 18.1 Å². The summed E-state index contributed by atoms with van der Waals surface area (Å²) in [7, 11) is 1.47. The van der Waals surface area contributed by atoms with Gasteiger partial charge < -0.3 is 19.1 Å². The molecule has 0 saturated carbocycles. The van der Waals surface area contributed by atoms with Crippen molar-refractivity contribution in [2.24, 2.45) is 7.05 Å². The number of aromatic nitrogens is 3. The number of nitro groups is 1. The van der Waals surface area contributed by atoms with Gasteiger partial charge in [-0.1, -0.05) is 0 Å². The van der Waals surface area contributed by atoms with Gasteiger partial charge in [-0.25, -0.2) is 18.7 Å². The Kier molecular flexibility index (Phi) is 3.71. The van der Waals surface area contributed by atoms with Gasteiger partial charge in [0.25, 0.3) is 0 Å². The first-order chi connectivity index (χ1) is 9.00. The minimum atomic E-state index is -2.22. The van der Waals surface area contributed by atoms with Crippen LogP contribution in [0.25, 0.3) is 0 Å². The Morgan fingerprint density at radius 3 is 2.84 bits per heavy atom. The van der Waals surface area contributed by atoms with Crippen molar-refractivity contribution in [2.45, 2.75) is 11.7 Å². The first-order valence-electron chi connectivity index (χ1n) is 5.14. The zero-order valence-corrected chi connectivity index (χ0v) is 10.6. The molecule has 10 heteroatoms. The Hall–Kier alpha value is -2.07. The predicted octanol–water partition coefficient (Wildman–Crippen LogP) is 0.822. The molecule has 0 fully saturated rings. The third-order valence-electron chi connectivity index (χ3n) is 2.59. The van der Waals surface area contributed by atoms with Crippen molar-refractivity contribution in [2.75, 3.05) is 0 Å². The number of hydrogen-bond acceptors (Lipinski definition) is 6. The smallest absolute Gasteiger partial charge is 0.342 e. The van der Waals surface area contributed by atoms with Crippen LogP contribution in [-0.2, 0) is 24.5 Å². The second-order valence-corrected chi connectivity index (χ2v) is 4.81. The normalized spacial score (nSPS) is 14.2. The molecule has 0 bridgehead atoms. The van der Waals surface area contributed by atoms with Crippen LogP contribution in [-0.4, -0.2) is 28.2 Å². The van der Waals surface area contributed by atoms with Crippen molar-refractivity contribution in [1.82, 2.24) is 14.5 Å². The van der Waals surface area contributed by atoms with Gasteiger partial charge in [0.2, 0.25) is 5.89 Å². The van der Waals surface area contributed by atoms with Gasteiger partial charge in [-0.2, -0.15) is 0 Å². The van der Waals surface area contributed by atoms with Crippen LogP contribution in [0.4, 0.5) is 5.82 Å². The molecule has 2 heterocycles. The molecule has 0 amide bonds. The van der Waals surface area contributed by atoms with E-state index in [0.717, 1.165) is 6.20 Å². The average Bonchev–Trinajstić information content (AvgIpc) is 2.95. The zero-order valence-electron chi connectivity index (χ0n) is 9.79. The van der Waals surface area contributed by atoms with E-state index >= 15 is 0 Å². The highest BCUT2D eigenvalue weighted by Crippen LogP contribution is 2.23. The lowest BCUT2D eigenvalue weighted by Gasteiger charge is -2.07. The zero-order chi connectivity index (χ0) is 14.0. The molecule has 2 aromatic rings. The molecule has 0 spiro atoms. The van der Waals surface area contributed by atoms with E-state index in [4.69, 9.17) is 4.42 Å². The van der Waals surface area contributed by atoms with Crippen LogP contribution in [0.15, 0.2) is 23.1 Å². The topological polar surface area (TPSA) is 124 Å². The number of hydrogen-bond donors (Lipinski definition) is 1. The monoisotopic (exact) mass is 286 g/mol. The summed E-state index contributed by atoms with van der Waals surface area (Å²) >= 11 is -2.22. The van der Waals surface area contributed by atoms with Crippen molar-refractivity contribution in [1.29, 1.82) is 0 Å². The molecule has 102 valence electrons. The standard InChI is InChI=1S/C9H10N4O5S/c1-12-7(11-5-8(12)13(14)15)4-6(19(16)17)9-10-2-3-18-9/h2-3,5-6H,4H2,1H3,(H,16,17). The van der Waals surface area contributed by atoms with E-state index in [2.05, 4.69) is 9.97 Å². The van der Waals surface area contributed by atoms with E-state index < -0.39 is 21.3 Å². The first kappa shape index (κ1) is 13.4. The van der Waals surface area contributed by atoms with Gasteiger partial charge in [0.1, 0.15) is 17.7 Å². The Bertz CT molecular complexity index is 608. The molecule has 0 aromatic carbocycles. The predicted molar refractivity (Wildman–Crippen MR) is 63.6 cm³/mol. The van der Waals surface area contributed by atoms with Gasteiger partial charge in [-0.05, 0) is 4.92 Å². The maximum absolute atomic E-state index is 11.3. The third-order valence-corrected chi connectivity index (χ3v) is 3.44. The molecule has 0 aliphatic rings.